The van der Waals surface area contributed by atoms with E-state index in [-0.39, 0.29) is 0 Å². The third-order valence-electron chi connectivity index (χ3n) is 3.09. The minimum absolute atomic E-state index is 0.665. The van der Waals surface area contributed by atoms with E-state index in [4.69, 9.17) is 5.73 Å². The van der Waals surface area contributed by atoms with Gasteiger partial charge in [0.25, 0.3) is 0 Å². The second kappa shape index (κ2) is 5.44. The Kier molecular flexibility index (Phi) is 3.33. The molecule has 0 amide bonds. The molecule has 5 nitrogen and oxygen atoms in total. The molecule has 0 aliphatic heterocycles. The number of benzene rings is 2. The van der Waals surface area contributed by atoms with Gasteiger partial charge < -0.3 is 11.1 Å². The molecule has 1 aromatic heterocycles. The van der Waals surface area contributed by atoms with Gasteiger partial charge in [0.1, 0.15) is 12.7 Å². The summed E-state index contributed by atoms with van der Waals surface area (Å²) in [5, 5.41) is 7.55. The lowest BCUT2D eigenvalue weighted by Gasteiger charge is -2.12. The molecule has 0 unspecified atom stereocenters. The van der Waals surface area contributed by atoms with Crippen molar-refractivity contribution < 1.29 is 0 Å². The average molecular weight is 265 g/mol. The lowest BCUT2D eigenvalue weighted by Crippen LogP contribution is -2.06. The molecule has 0 bridgehead atoms. The van der Waals surface area contributed by atoms with Crippen LogP contribution in [0.2, 0.25) is 0 Å². The summed E-state index contributed by atoms with van der Waals surface area (Å²) in [5.41, 5.74) is 9.76. The number of aromatic nitrogens is 3. The predicted molar refractivity (Wildman–Crippen MR) is 79.5 cm³/mol. The highest BCUT2D eigenvalue weighted by molar-refractivity contribution is 5.61. The maximum atomic E-state index is 5.95. The quantitative estimate of drug-likeness (QED) is 0.711. The van der Waals surface area contributed by atoms with Crippen LogP contribution in [0.25, 0.3) is 5.69 Å². The van der Waals surface area contributed by atoms with Crippen molar-refractivity contribution >= 4 is 11.4 Å². The Labute approximate surface area is 117 Å². The van der Waals surface area contributed by atoms with Crippen LogP contribution >= 0.6 is 0 Å². The van der Waals surface area contributed by atoms with Crippen molar-refractivity contribution in [3.63, 3.8) is 0 Å². The molecule has 0 saturated heterocycles. The predicted octanol–water partition coefficient (Wildman–Crippen LogP) is 2.46. The van der Waals surface area contributed by atoms with Gasteiger partial charge in [0.15, 0.2) is 0 Å². The number of nitrogens with zero attached hydrogens (tertiary/aromatic N) is 3. The molecule has 3 aromatic rings. The molecule has 0 fully saturated rings. The third-order valence-corrected chi connectivity index (χ3v) is 3.09. The number of rotatable bonds is 4. The maximum Gasteiger partial charge on any atom is 0.138 e. The van der Waals surface area contributed by atoms with Crippen LogP contribution in [0, 0.1) is 0 Å². The van der Waals surface area contributed by atoms with Gasteiger partial charge in [0, 0.05) is 12.2 Å². The highest BCUT2D eigenvalue weighted by Crippen LogP contribution is 2.20. The SMILES string of the molecule is Nc1ccccc1CNc1ccccc1-n1cncn1. The topological polar surface area (TPSA) is 68.8 Å². The summed E-state index contributed by atoms with van der Waals surface area (Å²) in [6, 6.07) is 15.8. The maximum absolute atomic E-state index is 5.95. The van der Waals surface area contributed by atoms with Crippen molar-refractivity contribution in [2.75, 3.05) is 11.1 Å². The molecule has 3 N–H and O–H groups in total. The Bertz CT molecular complexity index is 691. The van der Waals surface area contributed by atoms with E-state index < -0.39 is 0 Å². The number of hydrogen-bond acceptors (Lipinski definition) is 4. The van der Waals surface area contributed by atoms with Gasteiger partial charge in [-0.2, -0.15) is 5.10 Å². The van der Waals surface area contributed by atoms with E-state index >= 15 is 0 Å². The van der Waals surface area contributed by atoms with Crippen molar-refractivity contribution in [2.45, 2.75) is 6.54 Å². The molecule has 3 rings (SSSR count). The zero-order valence-electron chi connectivity index (χ0n) is 10.9. The molecule has 0 atom stereocenters. The summed E-state index contributed by atoms with van der Waals surface area (Å²) in [7, 11) is 0. The summed E-state index contributed by atoms with van der Waals surface area (Å²) in [5.74, 6) is 0. The Morgan fingerprint density at radius 2 is 1.85 bits per heavy atom. The van der Waals surface area contributed by atoms with Crippen molar-refractivity contribution in [1.82, 2.24) is 14.8 Å². The molecule has 5 heteroatoms. The second-order valence-electron chi connectivity index (χ2n) is 4.41. The molecule has 0 spiro atoms. The molecule has 1 heterocycles. The highest BCUT2D eigenvalue weighted by Gasteiger charge is 2.05. The number of nitrogens with two attached hydrogens (primary N) is 1. The number of nitrogen functional groups attached to an aromatic ring is 1. The van der Waals surface area contributed by atoms with Crippen molar-refractivity contribution in [1.29, 1.82) is 0 Å². The fourth-order valence-electron chi connectivity index (χ4n) is 2.04. The van der Waals surface area contributed by atoms with Crippen LogP contribution in [-0.4, -0.2) is 14.8 Å². The number of nitrogens with one attached hydrogen (secondary N) is 1. The van der Waals surface area contributed by atoms with Crippen LogP contribution in [0.15, 0.2) is 61.2 Å². The molecule has 0 saturated carbocycles. The number of hydrogen-bond donors (Lipinski definition) is 2. The van der Waals surface area contributed by atoms with Crippen LogP contribution in [0.3, 0.4) is 0 Å². The number of para-hydroxylation sites is 3. The van der Waals surface area contributed by atoms with E-state index in [1.54, 1.807) is 11.0 Å². The van der Waals surface area contributed by atoms with Crippen LogP contribution in [-0.2, 0) is 6.54 Å². The Morgan fingerprint density at radius 1 is 1.05 bits per heavy atom. The van der Waals surface area contributed by atoms with Crippen molar-refractivity contribution in [2.24, 2.45) is 0 Å². The molecule has 20 heavy (non-hydrogen) atoms. The largest absolute Gasteiger partial charge is 0.398 e. The lowest BCUT2D eigenvalue weighted by atomic mass is 10.1. The molecule has 2 aromatic carbocycles. The van der Waals surface area contributed by atoms with Gasteiger partial charge in [0.2, 0.25) is 0 Å². The van der Waals surface area contributed by atoms with Crippen LogP contribution in [0.1, 0.15) is 5.56 Å². The van der Waals surface area contributed by atoms with E-state index in [2.05, 4.69) is 15.4 Å². The normalized spacial score (nSPS) is 10.4. The highest BCUT2D eigenvalue weighted by atomic mass is 15.3. The smallest absolute Gasteiger partial charge is 0.138 e. The molecule has 100 valence electrons. The zero-order chi connectivity index (χ0) is 13.8. The standard InChI is InChI=1S/C15H15N5/c16-13-6-2-1-5-12(13)9-18-14-7-3-4-8-15(14)20-11-17-10-19-20/h1-8,10-11,18H,9,16H2. The first-order chi connectivity index (χ1) is 9.84. The van der Waals surface area contributed by atoms with Crippen molar-refractivity contribution in [3.8, 4) is 5.69 Å². The average Bonchev–Trinajstić information content (AvgIpc) is 3.01. The minimum Gasteiger partial charge on any atom is -0.398 e. The van der Waals surface area contributed by atoms with Gasteiger partial charge in [-0.05, 0) is 23.8 Å². The third kappa shape index (κ3) is 2.47. The molecular formula is C15H15N5. The van der Waals surface area contributed by atoms with E-state index in [9.17, 15) is 0 Å². The van der Waals surface area contributed by atoms with Gasteiger partial charge in [-0.25, -0.2) is 9.67 Å². The summed E-state index contributed by atoms with van der Waals surface area (Å²) in [4.78, 5) is 3.98. The molecule has 0 radical (unpaired) electrons. The van der Waals surface area contributed by atoms with Crippen molar-refractivity contribution in [3.05, 3.63) is 66.7 Å². The zero-order valence-corrected chi connectivity index (χ0v) is 10.9. The lowest BCUT2D eigenvalue weighted by molar-refractivity contribution is 0.878. The van der Waals surface area contributed by atoms with E-state index in [0.717, 1.165) is 22.6 Å². The van der Waals surface area contributed by atoms with Gasteiger partial charge >= 0.3 is 0 Å². The fraction of sp³-hybridized carbons (Fsp3) is 0.0667. The van der Waals surface area contributed by atoms with Gasteiger partial charge in [-0.3, -0.25) is 0 Å². The summed E-state index contributed by atoms with van der Waals surface area (Å²) in [6.45, 7) is 0.665. The first-order valence-corrected chi connectivity index (χ1v) is 6.36. The number of anilines is 2. The summed E-state index contributed by atoms with van der Waals surface area (Å²) >= 11 is 0. The fourth-order valence-corrected chi connectivity index (χ4v) is 2.04. The Balaban J connectivity index is 1.84. The summed E-state index contributed by atoms with van der Waals surface area (Å²) < 4.78 is 1.73. The second-order valence-corrected chi connectivity index (χ2v) is 4.41. The molecule has 0 aliphatic rings. The van der Waals surface area contributed by atoms with Gasteiger partial charge in [0.05, 0.1) is 11.4 Å². The molecule has 0 aliphatic carbocycles. The monoisotopic (exact) mass is 265 g/mol. The van der Waals surface area contributed by atoms with E-state index in [0.29, 0.717) is 6.54 Å². The Hall–Kier alpha value is -2.82. The Morgan fingerprint density at radius 3 is 2.65 bits per heavy atom. The summed E-state index contributed by atoms with van der Waals surface area (Å²) in [6.07, 6.45) is 3.20. The van der Waals surface area contributed by atoms with Crippen LogP contribution < -0.4 is 11.1 Å². The van der Waals surface area contributed by atoms with Gasteiger partial charge in [-0.1, -0.05) is 30.3 Å². The van der Waals surface area contributed by atoms with Crippen LogP contribution in [0.4, 0.5) is 11.4 Å². The van der Waals surface area contributed by atoms with Gasteiger partial charge in [-0.15, -0.1) is 0 Å². The minimum atomic E-state index is 0.665. The molecular weight excluding hydrogens is 250 g/mol. The van der Waals surface area contributed by atoms with Crippen LogP contribution in [0.5, 0.6) is 0 Å². The first-order valence-electron chi connectivity index (χ1n) is 6.36. The first kappa shape index (κ1) is 12.2. The van der Waals surface area contributed by atoms with E-state index in [1.807, 2.05) is 48.5 Å². The van der Waals surface area contributed by atoms with E-state index in [1.165, 1.54) is 6.33 Å².